The van der Waals surface area contributed by atoms with Crippen LogP contribution in [0, 0.1) is 0 Å². The topological polar surface area (TPSA) is 62.9 Å². The zero-order valence-electron chi connectivity index (χ0n) is 11.1. The molecule has 102 valence electrons. The minimum absolute atomic E-state index is 0.578. The number of nitrogen functional groups attached to an aromatic ring is 1. The number of hydrogen-bond donors (Lipinski definition) is 1. The van der Waals surface area contributed by atoms with Gasteiger partial charge in [0.25, 0.3) is 0 Å². The van der Waals surface area contributed by atoms with E-state index >= 15 is 0 Å². The Balaban J connectivity index is 2.34. The summed E-state index contributed by atoms with van der Waals surface area (Å²) >= 11 is 0. The van der Waals surface area contributed by atoms with Crippen molar-refractivity contribution in [1.29, 1.82) is 0 Å². The Morgan fingerprint density at radius 2 is 1.78 bits per heavy atom. The van der Waals surface area contributed by atoms with Crippen molar-refractivity contribution in [1.82, 2.24) is 0 Å². The fourth-order valence-electron chi connectivity index (χ4n) is 1.64. The average Bonchev–Trinajstić information content (AvgIpc) is 2.40. The Hall–Kier alpha value is -1.08. The molecule has 0 fully saturated rings. The number of hydrogen-bond acceptors (Lipinski definition) is 5. The number of ether oxygens (including phenoxy) is 1. The third-order valence-electron chi connectivity index (χ3n) is 2.69. The normalized spacial score (nSPS) is 11.5. The molecule has 0 saturated heterocycles. The zero-order valence-corrected chi connectivity index (χ0v) is 12.1. The SMILES string of the molecule is CO[Si](CCCOc1cccc(N)c1)(OC)OC. The molecule has 0 aliphatic carbocycles. The first-order valence-electron chi connectivity index (χ1n) is 5.79. The van der Waals surface area contributed by atoms with Gasteiger partial charge >= 0.3 is 8.80 Å². The van der Waals surface area contributed by atoms with Crippen molar-refractivity contribution >= 4 is 14.5 Å². The van der Waals surface area contributed by atoms with E-state index in [9.17, 15) is 0 Å². The lowest BCUT2D eigenvalue weighted by Crippen LogP contribution is -2.42. The molecule has 0 amide bonds. The number of anilines is 1. The summed E-state index contributed by atoms with van der Waals surface area (Å²) in [5.74, 6) is 0.773. The molecule has 6 heteroatoms. The second kappa shape index (κ2) is 7.37. The van der Waals surface area contributed by atoms with Crippen LogP contribution >= 0.6 is 0 Å². The maximum atomic E-state index is 5.66. The van der Waals surface area contributed by atoms with Gasteiger partial charge in [0.15, 0.2) is 0 Å². The first kappa shape index (κ1) is 15.0. The molecular weight excluding hydrogens is 250 g/mol. The molecule has 0 unspecified atom stereocenters. The van der Waals surface area contributed by atoms with Crippen molar-refractivity contribution in [3.05, 3.63) is 24.3 Å². The van der Waals surface area contributed by atoms with Crippen molar-refractivity contribution in [2.75, 3.05) is 33.7 Å². The van der Waals surface area contributed by atoms with Crippen molar-refractivity contribution in [3.8, 4) is 5.75 Å². The van der Waals surface area contributed by atoms with E-state index in [-0.39, 0.29) is 0 Å². The van der Waals surface area contributed by atoms with Crippen LogP contribution in [0.4, 0.5) is 5.69 Å². The van der Waals surface area contributed by atoms with Gasteiger partial charge in [-0.3, -0.25) is 0 Å². The van der Waals surface area contributed by atoms with Gasteiger partial charge in [-0.25, -0.2) is 0 Å². The Labute approximate surface area is 109 Å². The third kappa shape index (κ3) is 4.30. The predicted molar refractivity (Wildman–Crippen MR) is 72.6 cm³/mol. The first-order chi connectivity index (χ1) is 8.65. The highest BCUT2D eigenvalue weighted by atomic mass is 28.4. The highest BCUT2D eigenvalue weighted by Crippen LogP contribution is 2.17. The maximum absolute atomic E-state index is 5.66. The van der Waals surface area contributed by atoms with Gasteiger partial charge in [-0.2, -0.15) is 0 Å². The van der Waals surface area contributed by atoms with E-state index in [1.165, 1.54) is 0 Å². The summed E-state index contributed by atoms with van der Waals surface area (Å²) in [6.45, 7) is 0.578. The van der Waals surface area contributed by atoms with E-state index < -0.39 is 8.80 Å². The molecule has 0 radical (unpaired) electrons. The second-order valence-corrected chi connectivity index (χ2v) is 6.91. The van der Waals surface area contributed by atoms with E-state index in [0.29, 0.717) is 12.3 Å². The molecule has 0 spiro atoms. The molecule has 5 nitrogen and oxygen atoms in total. The summed E-state index contributed by atoms with van der Waals surface area (Å²) in [5.41, 5.74) is 6.36. The van der Waals surface area contributed by atoms with Crippen LogP contribution in [0.3, 0.4) is 0 Å². The van der Waals surface area contributed by atoms with Gasteiger partial charge in [0.1, 0.15) is 5.75 Å². The van der Waals surface area contributed by atoms with Crippen LogP contribution in [0.5, 0.6) is 5.75 Å². The summed E-state index contributed by atoms with van der Waals surface area (Å²) < 4.78 is 21.6. The van der Waals surface area contributed by atoms with Crippen molar-refractivity contribution < 1.29 is 18.0 Å². The van der Waals surface area contributed by atoms with E-state index in [4.69, 9.17) is 23.7 Å². The maximum Gasteiger partial charge on any atom is 0.500 e. The van der Waals surface area contributed by atoms with Crippen molar-refractivity contribution in [3.63, 3.8) is 0 Å². The van der Waals surface area contributed by atoms with Gasteiger partial charge in [-0.1, -0.05) is 6.07 Å². The highest BCUT2D eigenvalue weighted by Gasteiger charge is 2.36. The molecule has 2 N–H and O–H groups in total. The minimum atomic E-state index is -2.47. The molecule has 1 rings (SSSR count). The Morgan fingerprint density at radius 3 is 2.33 bits per heavy atom. The smallest absolute Gasteiger partial charge is 0.494 e. The molecule has 18 heavy (non-hydrogen) atoms. The van der Waals surface area contributed by atoms with E-state index in [2.05, 4.69) is 0 Å². The monoisotopic (exact) mass is 271 g/mol. The van der Waals surface area contributed by atoms with Gasteiger partial charge in [0.2, 0.25) is 0 Å². The zero-order chi connectivity index (χ0) is 13.4. The summed E-state index contributed by atoms with van der Waals surface area (Å²) in [7, 11) is 2.36. The molecule has 0 aromatic heterocycles. The average molecular weight is 271 g/mol. The first-order valence-corrected chi connectivity index (χ1v) is 7.73. The largest absolute Gasteiger partial charge is 0.500 e. The highest BCUT2D eigenvalue weighted by molar-refractivity contribution is 6.60. The van der Waals surface area contributed by atoms with Crippen LogP contribution in [0.1, 0.15) is 6.42 Å². The molecule has 0 atom stereocenters. The fraction of sp³-hybridized carbons (Fsp3) is 0.500. The van der Waals surface area contributed by atoms with Gasteiger partial charge < -0.3 is 23.7 Å². The van der Waals surface area contributed by atoms with E-state index in [1.54, 1.807) is 27.4 Å². The Kier molecular flexibility index (Phi) is 6.13. The van der Waals surface area contributed by atoms with Crippen LogP contribution in [0.15, 0.2) is 24.3 Å². The predicted octanol–water partition coefficient (Wildman–Crippen LogP) is 1.92. The number of benzene rings is 1. The molecule has 1 aromatic carbocycles. The van der Waals surface area contributed by atoms with Crippen LogP contribution in [-0.2, 0) is 13.3 Å². The Bertz CT molecular complexity index is 349. The molecule has 0 heterocycles. The fourth-order valence-corrected chi connectivity index (χ4v) is 3.33. The molecule has 0 saturated carbocycles. The molecule has 0 bridgehead atoms. The second-order valence-electron chi connectivity index (χ2n) is 3.82. The summed E-state index contributed by atoms with van der Waals surface area (Å²) in [4.78, 5) is 0. The van der Waals surface area contributed by atoms with Gasteiger partial charge in [-0.15, -0.1) is 0 Å². The quantitative estimate of drug-likeness (QED) is 0.444. The summed E-state index contributed by atoms with van der Waals surface area (Å²) in [5, 5.41) is 0. The van der Waals surface area contributed by atoms with Crippen molar-refractivity contribution in [2.24, 2.45) is 0 Å². The third-order valence-corrected chi connectivity index (χ3v) is 5.52. The van der Waals surface area contributed by atoms with Crippen LogP contribution in [0.2, 0.25) is 6.04 Å². The molecule has 0 aliphatic rings. The lowest BCUT2D eigenvalue weighted by atomic mass is 10.3. The van der Waals surface area contributed by atoms with Gasteiger partial charge in [-0.05, 0) is 18.6 Å². The van der Waals surface area contributed by atoms with Gasteiger partial charge in [0.05, 0.1) is 6.61 Å². The molecule has 0 aliphatic heterocycles. The van der Waals surface area contributed by atoms with Crippen LogP contribution in [0.25, 0.3) is 0 Å². The van der Waals surface area contributed by atoms with E-state index in [1.807, 2.05) is 18.2 Å². The molecular formula is C12H21NO4Si. The van der Waals surface area contributed by atoms with Crippen molar-refractivity contribution in [2.45, 2.75) is 12.5 Å². The minimum Gasteiger partial charge on any atom is -0.494 e. The van der Waals surface area contributed by atoms with E-state index in [0.717, 1.165) is 18.2 Å². The lowest BCUT2D eigenvalue weighted by molar-refractivity contribution is 0.121. The molecule has 1 aromatic rings. The van der Waals surface area contributed by atoms with Crippen LogP contribution in [-0.4, -0.2) is 36.7 Å². The van der Waals surface area contributed by atoms with Crippen LogP contribution < -0.4 is 10.5 Å². The number of nitrogens with two attached hydrogens (primary N) is 1. The van der Waals surface area contributed by atoms with Gasteiger partial charge in [0, 0.05) is 39.1 Å². The summed E-state index contributed by atoms with van der Waals surface area (Å²) in [6.07, 6.45) is 0.802. The lowest BCUT2D eigenvalue weighted by Gasteiger charge is -2.24. The summed E-state index contributed by atoms with van der Waals surface area (Å²) in [6, 6.07) is 8.09. The standard InChI is InChI=1S/C12H21NO4Si/c1-14-18(15-2,16-3)9-5-8-17-12-7-4-6-11(13)10-12/h4,6-7,10H,5,8-9,13H2,1-3H3. The Morgan fingerprint density at radius 1 is 1.11 bits per heavy atom. The number of rotatable bonds is 8.